The summed E-state index contributed by atoms with van der Waals surface area (Å²) in [4.78, 5) is 14.2. The van der Waals surface area contributed by atoms with Crippen LogP contribution in [-0.4, -0.2) is 75.1 Å². The molecule has 1 fully saturated rings. The van der Waals surface area contributed by atoms with Crippen LogP contribution in [0.4, 0.5) is 0 Å². The Morgan fingerprint density at radius 1 is 1.14 bits per heavy atom. The molecule has 1 aromatic carbocycles. The van der Waals surface area contributed by atoms with Crippen LogP contribution in [0.25, 0.3) is 22.3 Å². The van der Waals surface area contributed by atoms with Crippen molar-refractivity contribution in [2.45, 2.75) is 24.3 Å². The number of benzene rings is 1. The maximum atomic E-state index is 13.7. The molecule has 0 aliphatic carbocycles. The number of nitrogens with zero attached hydrogens (tertiary/aromatic N) is 7. The minimum absolute atomic E-state index is 0.0700. The number of fused-ring (bicyclic) bond motifs is 1. The zero-order valence-electron chi connectivity index (χ0n) is 19.4. The first-order valence-electron chi connectivity index (χ1n) is 11.5. The first-order valence-corrected chi connectivity index (χ1v) is 13.0. The summed E-state index contributed by atoms with van der Waals surface area (Å²) in [6.45, 7) is 5.27. The van der Waals surface area contributed by atoms with Crippen molar-refractivity contribution in [1.82, 2.24) is 33.9 Å². The van der Waals surface area contributed by atoms with Gasteiger partial charge in [0.05, 0.1) is 35.3 Å². The van der Waals surface area contributed by atoms with E-state index in [0.29, 0.717) is 37.4 Å². The number of nitrogens with one attached hydrogen (secondary N) is 1. The van der Waals surface area contributed by atoms with Gasteiger partial charge in [-0.25, -0.2) is 18.4 Å². The third-order valence-electron chi connectivity index (χ3n) is 6.51. The molecule has 0 saturated carbocycles. The van der Waals surface area contributed by atoms with Crippen molar-refractivity contribution >= 4 is 21.1 Å². The van der Waals surface area contributed by atoms with Crippen LogP contribution < -0.4 is 0 Å². The Kier molecular flexibility index (Phi) is 6.34. The smallest absolute Gasteiger partial charge is 0.243 e. The molecule has 1 atom stereocenters. The fraction of sp³-hybridized carbons (Fsp3) is 0.333. The van der Waals surface area contributed by atoms with E-state index in [-0.39, 0.29) is 11.3 Å². The molecule has 35 heavy (non-hydrogen) atoms. The van der Waals surface area contributed by atoms with Gasteiger partial charge >= 0.3 is 0 Å². The van der Waals surface area contributed by atoms with Crippen LogP contribution in [0.15, 0.2) is 60.1 Å². The summed E-state index contributed by atoms with van der Waals surface area (Å²) in [6, 6.07) is 10.4. The van der Waals surface area contributed by atoms with E-state index in [0.717, 1.165) is 23.1 Å². The fourth-order valence-electron chi connectivity index (χ4n) is 4.58. The largest absolute Gasteiger partial charge is 0.346 e. The Morgan fingerprint density at radius 3 is 2.71 bits per heavy atom. The second-order valence-electron chi connectivity index (χ2n) is 8.43. The predicted molar refractivity (Wildman–Crippen MR) is 131 cm³/mol. The van der Waals surface area contributed by atoms with E-state index in [4.69, 9.17) is 0 Å². The number of aromatic amines is 1. The predicted octanol–water partition coefficient (Wildman–Crippen LogP) is 2.65. The van der Waals surface area contributed by atoms with E-state index < -0.39 is 16.1 Å². The average molecular weight is 491 g/mol. The molecule has 0 radical (unpaired) electrons. The molecule has 1 N–H and O–H groups in total. The van der Waals surface area contributed by atoms with Gasteiger partial charge in [0.1, 0.15) is 12.0 Å². The van der Waals surface area contributed by atoms with Gasteiger partial charge in [-0.2, -0.15) is 14.7 Å². The molecule has 4 heterocycles. The van der Waals surface area contributed by atoms with Crippen molar-refractivity contribution in [1.29, 1.82) is 5.26 Å². The molecule has 3 aromatic heterocycles. The SMILES string of the molecule is CCN1CCN(S(=O)(=O)c2ccccc2C(CC#N)n2cc(-c3ncnc4[nH]ccc34)cn2)CC1. The average Bonchev–Trinajstić information content (AvgIpc) is 3.57. The number of H-pyrrole nitrogens is 1. The molecule has 11 heteroatoms. The molecular weight excluding hydrogens is 464 g/mol. The molecule has 1 aliphatic rings. The summed E-state index contributed by atoms with van der Waals surface area (Å²) in [5.74, 6) is 0. The van der Waals surface area contributed by atoms with Crippen LogP contribution in [0.2, 0.25) is 0 Å². The first kappa shape index (κ1) is 23.2. The second-order valence-corrected chi connectivity index (χ2v) is 10.3. The number of hydrogen-bond donors (Lipinski definition) is 1. The van der Waals surface area contributed by atoms with Crippen molar-refractivity contribution in [2.75, 3.05) is 32.7 Å². The summed E-state index contributed by atoms with van der Waals surface area (Å²) in [6.07, 6.45) is 6.84. The lowest BCUT2D eigenvalue weighted by Crippen LogP contribution is -2.48. The Hall–Kier alpha value is -3.59. The van der Waals surface area contributed by atoms with Crippen molar-refractivity contribution in [3.8, 4) is 17.3 Å². The lowest BCUT2D eigenvalue weighted by atomic mass is 10.0. The van der Waals surface area contributed by atoms with Gasteiger partial charge in [0.25, 0.3) is 0 Å². The highest BCUT2D eigenvalue weighted by Crippen LogP contribution is 2.32. The van der Waals surface area contributed by atoms with Gasteiger partial charge in [-0.05, 0) is 24.2 Å². The summed E-state index contributed by atoms with van der Waals surface area (Å²) in [5, 5.41) is 15.0. The molecule has 0 spiro atoms. The maximum absolute atomic E-state index is 13.7. The quantitative estimate of drug-likeness (QED) is 0.422. The molecule has 1 saturated heterocycles. The zero-order chi connectivity index (χ0) is 24.4. The van der Waals surface area contributed by atoms with Gasteiger partial charge in [-0.3, -0.25) is 4.68 Å². The summed E-state index contributed by atoms with van der Waals surface area (Å²) in [7, 11) is -3.73. The van der Waals surface area contributed by atoms with Gasteiger partial charge < -0.3 is 9.88 Å². The summed E-state index contributed by atoms with van der Waals surface area (Å²) >= 11 is 0. The molecule has 0 amide bonds. The van der Waals surface area contributed by atoms with Crippen LogP contribution in [0.1, 0.15) is 24.9 Å². The van der Waals surface area contributed by atoms with Gasteiger partial charge in [0.2, 0.25) is 10.0 Å². The highest BCUT2D eigenvalue weighted by Gasteiger charge is 2.32. The van der Waals surface area contributed by atoms with E-state index in [1.54, 1.807) is 51.8 Å². The van der Waals surface area contributed by atoms with Crippen LogP contribution in [-0.2, 0) is 10.0 Å². The van der Waals surface area contributed by atoms with Crippen LogP contribution >= 0.6 is 0 Å². The summed E-state index contributed by atoms with van der Waals surface area (Å²) < 4.78 is 30.5. The van der Waals surface area contributed by atoms with Crippen molar-refractivity contribution in [3.05, 3.63) is 60.8 Å². The molecule has 0 bridgehead atoms. The molecule has 1 unspecified atom stereocenters. The van der Waals surface area contributed by atoms with E-state index in [1.165, 1.54) is 6.33 Å². The fourth-order valence-corrected chi connectivity index (χ4v) is 6.26. The van der Waals surface area contributed by atoms with Gasteiger partial charge in [0.15, 0.2) is 0 Å². The number of rotatable bonds is 7. The maximum Gasteiger partial charge on any atom is 0.243 e. The number of aromatic nitrogens is 5. The molecular formula is C24H26N8O2S. The Labute approximate surface area is 203 Å². The molecule has 10 nitrogen and oxygen atoms in total. The van der Waals surface area contributed by atoms with E-state index >= 15 is 0 Å². The Bertz CT molecular complexity index is 1480. The standard InChI is InChI=1S/C24H26N8O2S/c1-2-30-11-13-31(14-12-30)35(33,34)22-6-4-3-5-19(22)21(7-9-25)32-16-18(15-29-32)23-20-8-10-26-24(20)28-17-27-23/h3-6,8,10,15-17,21H,2,7,11-14H2,1H3,(H,26,27,28). The second kappa shape index (κ2) is 9.58. The number of nitriles is 1. The van der Waals surface area contributed by atoms with E-state index in [2.05, 4.69) is 37.9 Å². The molecule has 5 rings (SSSR count). The van der Waals surface area contributed by atoms with Crippen LogP contribution in [0.3, 0.4) is 0 Å². The van der Waals surface area contributed by atoms with Gasteiger partial charge in [-0.1, -0.05) is 25.1 Å². The normalized spacial score (nSPS) is 16.3. The third kappa shape index (κ3) is 4.32. The molecule has 4 aromatic rings. The monoisotopic (exact) mass is 490 g/mol. The number of piperazine rings is 1. The summed E-state index contributed by atoms with van der Waals surface area (Å²) in [5.41, 5.74) is 2.75. The zero-order valence-corrected chi connectivity index (χ0v) is 20.2. The minimum Gasteiger partial charge on any atom is -0.346 e. The molecule has 180 valence electrons. The number of hydrogen-bond acceptors (Lipinski definition) is 7. The highest BCUT2D eigenvalue weighted by atomic mass is 32.2. The van der Waals surface area contributed by atoms with E-state index in [1.807, 2.05) is 6.07 Å². The van der Waals surface area contributed by atoms with Crippen molar-refractivity contribution in [2.24, 2.45) is 0 Å². The Balaban J connectivity index is 1.52. The third-order valence-corrected chi connectivity index (χ3v) is 8.48. The van der Waals surface area contributed by atoms with Crippen LogP contribution in [0.5, 0.6) is 0 Å². The van der Waals surface area contributed by atoms with Gasteiger partial charge in [-0.15, -0.1) is 0 Å². The first-order chi connectivity index (χ1) is 17.0. The highest BCUT2D eigenvalue weighted by molar-refractivity contribution is 7.89. The molecule has 1 aliphatic heterocycles. The van der Waals surface area contributed by atoms with Crippen molar-refractivity contribution < 1.29 is 8.42 Å². The van der Waals surface area contributed by atoms with Crippen molar-refractivity contribution in [3.63, 3.8) is 0 Å². The van der Waals surface area contributed by atoms with Crippen LogP contribution in [0, 0.1) is 11.3 Å². The lowest BCUT2D eigenvalue weighted by Gasteiger charge is -2.34. The van der Waals surface area contributed by atoms with E-state index in [9.17, 15) is 13.7 Å². The number of likely N-dealkylation sites (N-methyl/N-ethyl adjacent to an activating group) is 1. The lowest BCUT2D eigenvalue weighted by molar-refractivity contribution is 0.196. The Morgan fingerprint density at radius 2 is 1.94 bits per heavy atom. The topological polar surface area (TPSA) is 124 Å². The number of sulfonamides is 1. The van der Waals surface area contributed by atoms with Gasteiger partial charge in [0, 0.05) is 49.5 Å². The minimum atomic E-state index is -3.73.